The Morgan fingerprint density at radius 2 is 1.81 bits per heavy atom. The highest BCUT2D eigenvalue weighted by molar-refractivity contribution is 7.17. The minimum Gasteiger partial charge on any atom is -0.462 e. The van der Waals surface area contributed by atoms with E-state index < -0.39 is 24.5 Å². The predicted molar refractivity (Wildman–Crippen MR) is 97.5 cm³/mol. The Kier molecular flexibility index (Phi) is 6.85. The third kappa shape index (κ3) is 4.66. The summed E-state index contributed by atoms with van der Waals surface area (Å²) < 4.78 is 10.1. The molecule has 2 heterocycles. The second kappa shape index (κ2) is 9.10. The molecule has 2 rings (SSSR count). The molecule has 0 fully saturated rings. The van der Waals surface area contributed by atoms with Gasteiger partial charge in [-0.1, -0.05) is 6.92 Å². The molecule has 1 amide bonds. The van der Waals surface area contributed by atoms with Crippen molar-refractivity contribution in [2.75, 3.05) is 18.5 Å². The molecule has 26 heavy (non-hydrogen) atoms. The highest BCUT2D eigenvalue weighted by atomic mass is 32.1. The number of pyridine rings is 1. The summed E-state index contributed by atoms with van der Waals surface area (Å²) >= 11 is 1.32. The van der Waals surface area contributed by atoms with Gasteiger partial charge in [0.15, 0.2) is 6.61 Å². The fourth-order valence-electron chi connectivity index (χ4n) is 2.30. The molecule has 0 radical (unpaired) electrons. The molecule has 138 valence electrons. The van der Waals surface area contributed by atoms with Crippen molar-refractivity contribution in [3.8, 4) is 0 Å². The minimum absolute atomic E-state index is 0.243. The van der Waals surface area contributed by atoms with Gasteiger partial charge in [-0.3, -0.25) is 9.78 Å². The predicted octanol–water partition coefficient (Wildman–Crippen LogP) is 2.99. The number of nitrogens with zero attached hydrogens (tertiary/aromatic N) is 1. The van der Waals surface area contributed by atoms with Gasteiger partial charge in [0.1, 0.15) is 5.00 Å². The van der Waals surface area contributed by atoms with Gasteiger partial charge < -0.3 is 14.8 Å². The molecule has 0 atom stereocenters. The van der Waals surface area contributed by atoms with Crippen LogP contribution in [-0.4, -0.2) is 36.0 Å². The molecular weight excluding hydrogens is 356 g/mol. The van der Waals surface area contributed by atoms with Crippen molar-refractivity contribution in [2.24, 2.45) is 0 Å². The average Bonchev–Trinajstić information content (AvgIpc) is 2.95. The molecular formula is C18H20N2O5S. The second-order valence-corrected chi connectivity index (χ2v) is 6.39. The lowest BCUT2D eigenvalue weighted by Gasteiger charge is -2.08. The Bertz CT molecular complexity index is 801. The molecule has 8 heteroatoms. The molecule has 2 aromatic heterocycles. The van der Waals surface area contributed by atoms with Crippen LogP contribution in [0.2, 0.25) is 0 Å². The molecule has 0 aromatic carbocycles. The highest BCUT2D eigenvalue weighted by Crippen LogP contribution is 2.34. The van der Waals surface area contributed by atoms with Gasteiger partial charge in [-0.15, -0.1) is 11.3 Å². The van der Waals surface area contributed by atoms with Gasteiger partial charge in [0.25, 0.3) is 5.91 Å². The van der Waals surface area contributed by atoms with Gasteiger partial charge in [-0.25, -0.2) is 9.59 Å². The quantitative estimate of drug-likeness (QED) is 0.747. The van der Waals surface area contributed by atoms with Crippen LogP contribution in [0.1, 0.15) is 45.0 Å². The fourth-order valence-corrected chi connectivity index (χ4v) is 3.45. The Balaban J connectivity index is 2.06. The van der Waals surface area contributed by atoms with Crippen LogP contribution in [0.3, 0.4) is 0 Å². The number of carbonyl (C=O) groups excluding carboxylic acids is 3. The van der Waals surface area contributed by atoms with Crippen LogP contribution >= 0.6 is 11.3 Å². The number of aromatic nitrogens is 1. The Labute approximate surface area is 155 Å². The molecule has 0 bridgehead atoms. The molecule has 0 saturated heterocycles. The van der Waals surface area contributed by atoms with Gasteiger partial charge in [0, 0.05) is 17.3 Å². The molecule has 0 aliphatic rings. The van der Waals surface area contributed by atoms with E-state index in [4.69, 9.17) is 9.47 Å². The van der Waals surface area contributed by atoms with Gasteiger partial charge in [0.05, 0.1) is 17.7 Å². The van der Waals surface area contributed by atoms with E-state index >= 15 is 0 Å². The lowest BCUT2D eigenvalue weighted by molar-refractivity contribution is -0.119. The zero-order chi connectivity index (χ0) is 19.1. The fraction of sp³-hybridized carbons (Fsp3) is 0.333. The smallest absolute Gasteiger partial charge is 0.341 e. The Hall–Kier alpha value is -2.74. The van der Waals surface area contributed by atoms with Crippen molar-refractivity contribution in [3.63, 3.8) is 0 Å². The molecule has 0 spiro atoms. The summed E-state index contributed by atoms with van der Waals surface area (Å²) in [4.78, 5) is 41.0. The van der Waals surface area contributed by atoms with Crippen molar-refractivity contribution in [3.05, 3.63) is 46.1 Å². The van der Waals surface area contributed by atoms with Gasteiger partial charge >= 0.3 is 11.9 Å². The van der Waals surface area contributed by atoms with Gasteiger partial charge in [-0.2, -0.15) is 0 Å². The van der Waals surface area contributed by atoms with Crippen LogP contribution in [0.5, 0.6) is 0 Å². The lowest BCUT2D eigenvalue weighted by Crippen LogP contribution is -2.21. The number of thiophene rings is 1. The number of amides is 1. The van der Waals surface area contributed by atoms with Crippen molar-refractivity contribution >= 4 is 34.2 Å². The van der Waals surface area contributed by atoms with Crippen molar-refractivity contribution in [2.45, 2.75) is 27.2 Å². The topological polar surface area (TPSA) is 94.6 Å². The summed E-state index contributed by atoms with van der Waals surface area (Å²) in [6.45, 7) is 5.29. The largest absolute Gasteiger partial charge is 0.462 e. The van der Waals surface area contributed by atoms with E-state index in [1.165, 1.54) is 35.9 Å². The van der Waals surface area contributed by atoms with E-state index in [1.807, 2.05) is 13.8 Å². The van der Waals surface area contributed by atoms with E-state index in [0.29, 0.717) is 16.1 Å². The number of carbonyl (C=O) groups is 3. The van der Waals surface area contributed by atoms with E-state index in [0.717, 1.165) is 16.9 Å². The standard InChI is InChI=1S/C18H20N2O5S/c1-4-13-11(3)15(18(23)24-5-2)16(26-13)20-14(21)10-25-17(22)12-6-8-19-9-7-12/h6-9H,4-5,10H2,1-3H3,(H,20,21). The zero-order valence-corrected chi connectivity index (χ0v) is 15.6. The zero-order valence-electron chi connectivity index (χ0n) is 14.8. The maximum absolute atomic E-state index is 12.2. The lowest BCUT2D eigenvalue weighted by atomic mass is 10.1. The Morgan fingerprint density at radius 3 is 2.42 bits per heavy atom. The summed E-state index contributed by atoms with van der Waals surface area (Å²) in [5, 5.41) is 3.05. The van der Waals surface area contributed by atoms with E-state index in [1.54, 1.807) is 6.92 Å². The molecule has 0 unspecified atom stereocenters. The molecule has 0 aliphatic heterocycles. The third-order valence-corrected chi connectivity index (χ3v) is 4.90. The molecule has 2 aromatic rings. The normalized spacial score (nSPS) is 10.3. The second-order valence-electron chi connectivity index (χ2n) is 5.29. The number of nitrogens with one attached hydrogen (secondary N) is 1. The summed E-state index contributed by atoms with van der Waals surface area (Å²) in [5.41, 5.74) is 1.45. The first-order valence-corrected chi connectivity index (χ1v) is 8.95. The minimum atomic E-state index is -0.621. The number of rotatable bonds is 7. The van der Waals surface area contributed by atoms with Crippen LogP contribution < -0.4 is 5.32 Å². The van der Waals surface area contributed by atoms with Crippen LogP contribution in [0.15, 0.2) is 24.5 Å². The number of hydrogen-bond donors (Lipinski definition) is 1. The number of hydrogen-bond acceptors (Lipinski definition) is 7. The molecule has 7 nitrogen and oxygen atoms in total. The highest BCUT2D eigenvalue weighted by Gasteiger charge is 2.23. The summed E-state index contributed by atoms with van der Waals surface area (Å²) in [7, 11) is 0. The monoisotopic (exact) mass is 376 g/mol. The van der Waals surface area contributed by atoms with Crippen molar-refractivity contribution < 1.29 is 23.9 Å². The maximum atomic E-state index is 12.2. The van der Waals surface area contributed by atoms with Crippen LogP contribution in [0, 0.1) is 6.92 Å². The van der Waals surface area contributed by atoms with Gasteiger partial charge in [0.2, 0.25) is 0 Å². The SMILES string of the molecule is CCOC(=O)c1c(NC(=O)COC(=O)c2ccncc2)sc(CC)c1C. The molecule has 0 saturated carbocycles. The number of ether oxygens (including phenoxy) is 2. The van der Waals surface area contributed by atoms with Gasteiger partial charge in [-0.05, 0) is 38.0 Å². The van der Waals surface area contributed by atoms with Crippen molar-refractivity contribution in [1.82, 2.24) is 4.98 Å². The van der Waals surface area contributed by atoms with Crippen LogP contribution in [0.4, 0.5) is 5.00 Å². The summed E-state index contributed by atoms with van der Waals surface area (Å²) in [6.07, 6.45) is 3.65. The number of aryl methyl sites for hydroxylation is 1. The van der Waals surface area contributed by atoms with Crippen LogP contribution in [0.25, 0.3) is 0 Å². The summed E-state index contributed by atoms with van der Waals surface area (Å²) in [5.74, 6) is -1.63. The number of anilines is 1. The third-order valence-electron chi connectivity index (χ3n) is 3.55. The molecule has 1 N–H and O–H groups in total. The van der Waals surface area contributed by atoms with E-state index in [2.05, 4.69) is 10.3 Å². The molecule has 0 aliphatic carbocycles. The first kappa shape index (κ1) is 19.6. The number of esters is 2. The maximum Gasteiger partial charge on any atom is 0.341 e. The van der Waals surface area contributed by atoms with Crippen LogP contribution in [-0.2, 0) is 20.7 Å². The Morgan fingerprint density at radius 1 is 1.12 bits per heavy atom. The summed E-state index contributed by atoms with van der Waals surface area (Å²) in [6, 6.07) is 2.99. The first-order valence-electron chi connectivity index (χ1n) is 8.14. The van der Waals surface area contributed by atoms with Crippen molar-refractivity contribution in [1.29, 1.82) is 0 Å². The average molecular weight is 376 g/mol. The van der Waals surface area contributed by atoms with E-state index in [9.17, 15) is 14.4 Å². The first-order chi connectivity index (χ1) is 12.5. The van der Waals surface area contributed by atoms with E-state index in [-0.39, 0.29) is 6.61 Å².